The molecule has 2 aliphatic rings. The van der Waals surface area contributed by atoms with Gasteiger partial charge in [0.15, 0.2) is 5.96 Å². The fourth-order valence-corrected chi connectivity index (χ4v) is 5.32. The average molecular weight is 389 g/mol. The summed E-state index contributed by atoms with van der Waals surface area (Å²) in [6.07, 6.45) is 2.65. The monoisotopic (exact) mass is 389 g/mol. The number of rotatable bonds is 4. The van der Waals surface area contributed by atoms with Gasteiger partial charge in [-0.15, -0.1) is 0 Å². The van der Waals surface area contributed by atoms with Gasteiger partial charge >= 0.3 is 0 Å². The number of aliphatic imine (C=N–C) groups is 1. The van der Waals surface area contributed by atoms with Crippen LogP contribution in [0.15, 0.2) is 40.5 Å². The van der Waals surface area contributed by atoms with Gasteiger partial charge in [0.2, 0.25) is 10.0 Å². The molecule has 1 aromatic heterocycles. The minimum absolute atomic E-state index is 0.160. The molecule has 1 aromatic carbocycles. The molecule has 144 valence electrons. The van der Waals surface area contributed by atoms with Crippen molar-refractivity contribution in [3.63, 3.8) is 0 Å². The van der Waals surface area contributed by atoms with Crippen LogP contribution in [0.5, 0.6) is 0 Å². The molecule has 2 aliphatic heterocycles. The zero-order valence-corrected chi connectivity index (χ0v) is 15.9. The average Bonchev–Trinajstić information content (AvgIpc) is 3.24. The van der Waals surface area contributed by atoms with E-state index < -0.39 is 16.2 Å². The molecule has 3 heterocycles. The first-order valence-electron chi connectivity index (χ1n) is 8.85. The van der Waals surface area contributed by atoms with Gasteiger partial charge in [-0.25, -0.2) is 18.4 Å². The Morgan fingerprint density at radius 2 is 2.04 bits per heavy atom. The zero-order chi connectivity index (χ0) is 19.2. The summed E-state index contributed by atoms with van der Waals surface area (Å²) in [6, 6.07) is 6.80. The lowest BCUT2D eigenvalue weighted by Crippen LogP contribution is -2.38. The molecule has 0 spiro atoms. The second kappa shape index (κ2) is 6.63. The van der Waals surface area contributed by atoms with E-state index in [1.165, 1.54) is 0 Å². The Hall–Kier alpha value is -2.43. The third-order valence-corrected chi connectivity index (χ3v) is 7.00. The van der Waals surface area contributed by atoms with E-state index in [-0.39, 0.29) is 12.0 Å². The lowest BCUT2D eigenvalue weighted by Gasteiger charge is -2.26. The Kier molecular flexibility index (Phi) is 4.41. The lowest BCUT2D eigenvalue weighted by molar-refractivity contribution is 0.353. The van der Waals surface area contributed by atoms with Crippen LogP contribution in [0.3, 0.4) is 0 Å². The largest absolute Gasteiger partial charge is 0.370 e. The number of hydrogen-bond acceptors (Lipinski definition) is 7. The second-order valence-electron chi connectivity index (χ2n) is 6.94. The topological polar surface area (TPSA) is 132 Å². The number of anilines is 1. The van der Waals surface area contributed by atoms with Gasteiger partial charge in [0.05, 0.1) is 11.2 Å². The van der Waals surface area contributed by atoms with E-state index in [9.17, 15) is 8.42 Å². The van der Waals surface area contributed by atoms with Crippen LogP contribution in [-0.4, -0.2) is 40.8 Å². The van der Waals surface area contributed by atoms with Crippen molar-refractivity contribution < 1.29 is 8.42 Å². The highest BCUT2D eigenvalue weighted by atomic mass is 32.2. The van der Waals surface area contributed by atoms with Crippen molar-refractivity contribution in [1.29, 1.82) is 0 Å². The summed E-state index contributed by atoms with van der Waals surface area (Å²) in [5.74, 6) is 0.905. The van der Waals surface area contributed by atoms with E-state index in [4.69, 9.17) is 11.5 Å². The van der Waals surface area contributed by atoms with Crippen LogP contribution < -0.4 is 16.8 Å². The minimum atomic E-state index is -3.54. The Morgan fingerprint density at radius 1 is 1.30 bits per heavy atom. The fraction of sp³-hybridized carbons (Fsp3) is 0.412. The molecule has 4 rings (SSSR count). The van der Waals surface area contributed by atoms with Crippen LogP contribution in [0.2, 0.25) is 0 Å². The van der Waals surface area contributed by atoms with Gasteiger partial charge in [0.25, 0.3) is 0 Å². The van der Waals surface area contributed by atoms with Crippen molar-refractivity contribution in [2.45, 2.75) is 43.4 Å². The first-order valence-corrected chi connectivity index (χ1v) is 10.3. The number of benzene rings is 1. The van der Waals surface area contributed by atoms with Crippen LogP contribution in [0.25, 0.3) is 0 Å². The van der Waals surface area contributed by atoms with Crippen molar-refractivity contribution in [1.82, 2.24) is 13.9 Å². The number of aromatic nitrogens is 2. The number of nitrogens with zero attached hydrogens (tertiary/aromatic N) is 4. The number of aryl methyl sites for hydroxylation is 1. The predicted octanol–water partition coefficient (Wildman–Crippen LogP) is 0.742. The fourth-order valence-electron chi connectivity index (χ4n) is 3.63. The third-order valence-electron chi connectivity index (χ3n) is 5.03. The molecule has 0 aliphatic carbocycles. The predicted molar refractivity (Wildman–Crippen MR) is 102 cm³/mol. The molecule has 2 aromatic rings. The smallest absolute Gasteiger partial charge is 0.243 e. The van der Waals surface area contributed by atoms with E-state index in [1.807, 2.05) is 23.6 Å². The SMILES string of the molecule is Cc1ccc(S(=O)(=O)N2CCC[C@H]2Cn2cnc3c2NC(N)=NC3N)cc1. The van der Waals surface area contributed by atoms with E-state index in [0.717, 1.165) is 18.4 Å². The molecule has 1 saturated heterocycles. The van der Waals surface area contributed by atoms with E-state index in [1.54, 1.807) is 22.8 Å². The molecule has 1 unspecified atom stereocenters. The molecule has 0 amide bonds. The summed E-state index contributed by atoms with van der Waals surface area (Å²) < 4.78 is 29.7. The Balaban J connectivity index is 1.59. The van der Waals surface area contributed by atoms with Gasteiger partial charge in [-0.1, -0.05) is 17.7 Å². The van der Waals surface area contributed by atoms with Crippen molar-refractivity contribution in [3.05, 3.63) is 41.9 Å². The maximum absolute atomic E-state index is 13.1. The summed E-state index contributed by atoms with van der Waals surface area (Å²) in [5, 5.41) is 2.98. The second-order valence-corrected chi connectivity index (χ2v) is 8.83. The Morgan fingerprint density at radius 3 is 2.78 bits per heavy atom. The summed E-state index contributed by atoms with van der Waals surface area (Å²) in [6.45, 7) is 2.92. The van der Waals surface area contributed by atoms with Crippen LogP contribution >= 0.6 is 0 Å². The van der Waals surface area contributed by atoms with Crippen molar-refractivity contribution in [2.24, 2.45) is 16.5 Å². The maximum Gasteiger partial charge on any atom is 0.243 e. The minimum Gasteiger partial charge on any atom is -0.370 e. The molecule has 1 fully saturated rings. The van der Waals surface area contributed by atoms with Gasteiger partial charge in [0, 0.05) is 19.1 Å². The highest BCUT2D eigenvalue weighted by Gasteiger charge is 2.36. The molecule has 9 nitrogen and oxygen atoms in total. The van der Waals surface area contributed by atoms with Crippen molar-refractivity contribution in [2.75, 3.05) is 11.9 Å². The highest BCUT2D eigenvalue weighted by Crippen LogP contribution is 2.30. The highest BCUT2D eigenvalue weighted by molar-refractivity contribution is 7.89. The molecule has 2 atom stereocenters. The first-order chi connectivity index (χ1) is 12.9. The van der Waals surface area contributed by atoms with Gasteiger partial charge in [-0.3, -0.25) is 0 Å². The Labute approximate surface area is 158 Å². The molecule has 0 bridgehead atoms. The van der Waals surface area contributed by atoms with E-state index in [0.29, 0.717) is 29.5 Å². The lowest BCUT2D eigenvalue weighted by atomic mass is 10.2. The van der Waals surface area contributed by atoms with Crippen LogP contribution in [0, 0.1) is 6.92 Å². The summed E-state index contributed by atoms with van der Waals surface area (Å²) in [7, 11) is -3.54. The molecule has 10 heteroatoms. The van der Waals surface area contributed by atoms with Crippen LogP contribution in [-0.2, 0) is 16.6 Å². The summed E-state index contributed by atoms with van der Waals surface area (Å²) in [4.78, 5) is 8.69. The molecule has 0 radical (unpaired) electrons. The van der Waals surface area contributed by atoms with Gasteiger partial charge in [0.1, 0.15) is 17.7 Å². The normalized spacial score (nSPS) is 23.0. The summed E-state index contributed by atoms with van der Waals surface area (Å²) >= 11 is 0. The molecule has 0 saturated carbocycles. The quantitative estimate of drug-likeness (QED) is 0.707. The maximum atomic E-state index is 13.1. The first kappa shape index (κ1) is 18.0. The number of guanidine groups is 1. The van der Waals surface area contributed by atoms with Gasteiger partial charge < -0.3 is 21.4 Å². The van der Waals surface area contributed by atoms with E-state index >= 15 is 0 Å². The number of fused-ring (bicyclic) bond motifs is 1. The van der Waals surface area contributed by atoms with Crippen LogP contribution in [0.4, 0.5) is 5.82 Å². The van der Waals surface area contributed by atoms with Crippen molar-refractivity contribution >= 4 is 21.8 Å². The molecular formula is C17H23N7O2S. The molecule has 27 heavy (non-hydrogen) atoms. The number of sulfonamides is 1. The Bertz CT molecular complexity index is 981. The number of imidazole rings is 1. The van der Waals surface area contributed by atoms with Gasteiger partial charge in [-0.05, 0) is 31.9 Å². The van der Waals surface area contributed by atoms with E-state index in [2.05, 4.69) is 15.3 Å². The number of hydrogen-bond donors (Lipinski definition) is 3. The number of nitrogens with one attached hydrogen (secondary N) is 1. The molecular weight excluding hydrogens is 366 g/mol. The standard InChI is InChI=1S/C17H23N7O2S/c1-11-4-6-13(7-5-11)27(25,26)24-8-2-3-12(24)9-23-10-20-14-15(18)21-17(19)22-16(14)23/h4-7,10,12,15H,2-3,8-9,18H2,1H3,(H3,19,21,22)/t12-,15?/m0/s1. The number of nitrogens with two attached hydrogens (primary N) is 2. The van der Waals surface area contributed by atoms with Gasteiger partial charge in [-0.2, -0.15) is 4.31 Å². The third kappa shape index (κ3) is 3.20. The van der Waals surface area contributed by atoms with Crippen molar-refractivity contribution in [3.8, 4) is 0 Å². The van der Waals surface area contributed by atoms with Crippen LogP contribution in [0.1, 0.15) is 30.3 Å². The molecule has 5 N–H and O–H groups in total. The zero-order valence-electron chi connectivity index (χ0n) is 15.0. The summed E-state index contributed by atoms with van der Waals surface area (Å²) in [5.41, 5.74) is 13.4.